The molecule has 0 saturated carbocycles. The third kappa shape index (κ3) is 4.43. The second kappa shape index (κ2) is 8.64. The molecular formula is C22H20F4N6O. The van der Waals surface area contributed by atoms with Crippen molar-refractivity contribution >= 4 is 17.2 Å². The Kier molecular flexibility index (Phi) is 5.88. The normalized spacial score (nSPS) is 11.7. The first kappa shape index (κ1) is 22.4. The molecule has 1 amide bonds. The van der Waals surface area contributed by atoms with E-state index >= 15 is 0 Å². The standard InChI is InChI=1S/C22H20F4N6O/c1-11-5-4-6-14(7-11)10-31-13(3)19(12(2)29-31)28-22(33)16-9-18-27-15(20(23)24)8-17(21(25)26)32(18)30-16/h4-9,20-21H,10H2,1-3H3,(H,28,33). The number of anilines is 1. The summed E-state index contributed by atoms with van der Waals surface area (Å²) < 4.78 is 55.2. The lowest BCUT2D eigenvalue weighted by molar-refractivity contribution is 0.102. The molecule has 4 rings (SSSR count). The molecule has 0 bridgehead atoms. The van der Waals surface area contributed by atoms with E-state index in [0.717, 1.165) is 17.2 Å². The summed E-state index contributed by atoms with van der Waals surface area (Å²) in [6, 6.07) is 9.62. The van der Waals surface area contributed by atoms with Gasteiger partial charge in [-0.15, -0.1) is 0 Å². The molecule has 172 valence electrons. The highest BCUT2D eigenvalue weighted by atomic mass is 19.3. The summed E-state index contributed by atoms with van der Waals surface area (Å²) in [4.78, 5) is 16.5. The Morgan fingerprint density at radius 1 is 1.03 bits per heavy atom. The van der Waals surface area contributed by atoms with Gasteiger partial charge in [0.2, 0.25) is 0 Å². The number of aryl methyl sites for hydroxylation is 2. The molecule has 11 heteroatoms. The van der Waals surface area contributed by atoms with E-state index in [1.807, 2.05) is 31.2 Å². The minimum absolute atomic E-state index is 0.235. The number of nitrogens with one attached hydrogen (secondary N) is 1. The molecular weight excluding hydrogens is 440 g/mol. The van der Waals surface area contributed by atoms with Crippen LogP contribution < -0.4 is 5.32 Å². The van der Waals surface area contributed by atoms with Crippen LogP contribution in [0.25, 0.3) is 5.65 Å². The van der Waals surface area contributed by atoms with Gasteiger partial charge in [0.15, 0.2) is 11.3 Å². The summed E-state index contributed by atoms with van der Waals surface area (Å²) in [5.41, 5.74) is 1.78. The lowest BCUT2D eigenvalue weighted by Gasteiger charge is -2.07. The molecule has 4 aromatic rings. The predicted molar refractivity (Wildman–Crippen MR) is 113 cm³/mol. The topological polar surface area (TPSA) is 77.1 Å². The van der Waals surface area contributed by atoms with Crippen LogP contribution in [0.4, 0.5) is 23.2 Å². The molecule has 3 aromatic heterocycles. The van der Waals surface area contributed by atoms with Gasteiger partial charge in [0.1, 0.15) is 11.4 Å². The lowest BCUT2D eigenvalue weighted by Crippen LogP contribution is -2.14. The van der Waals surface area contributed by atoms with Gasteiger partial charge in [-0.2, -0.15) is 10.2 Å². The van der Waals surface area contributed by atoms with Crippen molar-refractivity contribution in [1.82, 2.24) is 24.4 Å². The van der Waals surface area contributed by atoms with Crippen molar-refractivity contribution in [3.8, 4) is 0 Å². The molecule has 0 aliphatic heterocycles. The number of amides is 1. The van der Waals surface area contributed by atoms with Gasteiger partial charge in [-0.25, -0.2) is 27.1 Å². The number of carbonyl (C=O) groups excluding carboxylic acids is 1. The van der Waals surface area contributed by atoms with Crippen LogP contribution in [-0.4, -0.2) is 30.3 Å². The van der Waals surface area contributed by atoms with Gasteiger partial charge in [0.05, 0.1) is 23.6 Å². The van der Waals surface area contributed by atoms with Gasteiger partial charge >= 0.3 is 0 Å². The van der Waals surface area contributed by atoms with E-state index in [1.165, 1.54) is 0 Å². The van der Waals surface area contributed by atoms with Gasteiger partial charge in [-0.1, -0.05) is 29.8 Å². The molecule has 0 aliphatic carbocycles. The van der Waals surface area contributed by atoms with Crippen LogP contribution in [0, 0.1) is 20.8 Å². The number of carbonyl (C=O) groups is 1. The molecule has 0 spiro atoms. The SMILES string of the molecule is Cc1cccc(Cn2nc(C)c(NC(=O)c3cc4nc(C(F)F)cc(C(F)F)n4n3)c2C)c1. The molecule has 1 aromatic carbocycles. The fourth-order valence-corrected chi connectivity index (χ4v) is 3.59. The lowest BCUT2D eigenvalue weighted by atomic mass is 10.1. The first-order valence-corrected chi connectivity index (χ1v) is 10.0. The highest BCUT2D eigenvalue weighted by molar-refractivity contribution is 6.04. The first-order chi connectivity index (χ1) is 15.6. The average Bonchev–Trinajstić information content (AvgIpc) is 3.29. The summed E-state index contributed by atoms with van der Waals surface area (Å²) in [5.74, 6) is -0.694. The number of rotatable bonds is 6. The van der Waals surface area contributed by atoms with Crippen molar-refractivity contribution in [2.24, 2.45) is 0 Å². The predicted octanol–water partition coefficient (Wildman–Crippen LogP) is 5.03. The Morgan fingerprint density at radius 3 is 2.45 bits per heavy atom. The minimum Gasteiger partial charge on any atom is -0.317 e. The Morgan fingerprint density at radius 2 is 1.79 bits per heavy atom. The number of benzene rings is 1. The zero-order chi connectivity index (χ0) is 23.9. The van der Waals surface area contributed by atoms with Crippen molar-refractivity contribution in [1.29, 1.82) is 0 Å². The van der Waals surface area contributed by atoms with Gasteiger partial charge < -0.3 is 5.32 Å². The number of nitrogens with zero attached hydrogens (tertiary/aromatic N) is 5. The molecule has 0 fully saturated rings. The van der Waals surface area contributed by atoms with E-state index in [-0.39, 0.29) is 11.3 Å². The number of hydrogen-bond donors (Lipinski definition) is 1. The fraction of sp³-hybridized carbons (Fsp3) is 0.273. The summed E-state index contributed by atoms with van der Waals surface area (Å²) in [7, 11) is 0. The molecule has 0 atom stereocenters. The number of fused-ring (bicyclic) bond motifs is 1. The number of hydrogen-bond acceptors (Lipinski definition) is 4. The Hall–Kier alpha value is -3.76. The van der Waals surface area contributed by atoms with Crippen molar-refractivity contribution < 1.29 is 22.4 Å². The second-order valence-electron chi connectivity index (χ2n) is 7.65. The van der Waals surface area contributed by atoms with Crippen molar-refractivity contribution in [2.45, 2.75) is 40.2 Å². The Bertz CT molecular complexity index is 1340. The van der Waals surface area contributed by atoms with Crippen LogP contribution in [0.15, 0.2) is 36.4 Å². The maximum absolute atomic E-state index is 13.4. The van der Waals surface area contributed by atoms with Gasteiger partial charge in [-0.05, 0) is 32.4 Å². The Labute approximate surface area is 186 Å². The smallest absolute Gasteiger partial charge is 0.280 e. The van der Waals surface area contributed by atoms with E-state index in [1.54, 1.807) is 18.5 Å². The highest BCUT2D eigenvalue weighted by Gasteiger charge is 2.23. The molecule has 0 radical (unpaired) electrons. The van der Waals surface area contributed by atoms with Gasteiger partial charge in [0, 0.05) is 6.07 Å². The maximum Gasteiger partial charge on any atom is 0.280 e. The summed E-state index contributed by atoms with van der Waals surface area (Å²) in [5, 5.41) is 11.0. The number of halogens is 4. The van der Waals surface area contributed by atoms with E-state index < -0.39 is 30.1 Å². The van der Waals surface area contributed by atoms with E-state index in [4.69, 9.17) is 0 Å². The quantitative estimate of drug-likeness (QED) is 0.410. The molecule has 0 unspecified atom stereocenters. The molecule has 0 aliphatic rings. The second-order valence-corrected chi connectivity index (χ2v) is 7.65. The average molecular weight is 460 g/mol. The van der Waals surface area contributed by atoms with Crippen LogP contribution in [0.5, 0.6) is 0 Å². The van der Waals surface area contributed by atoms with Crippen molar-refractivity contribution in [2.75, 3.05) is 5.32 Å². The molecule has 33 heavy (non-hydrogen) atoms. The van der Waals surface area contributed by atoms with Crippen LogP contribution in [-0.2, 0) is 6.54 Å². The van der Waals surface area contributed by atoms with Crippen molar-refractivity contribution in [3.63, 3.8) is 0 Å². The molecule has 0 saturated heterocycles. The highest BCUT2D eigenvalue weighted by Crippen LogP contribution is 2.26. The molecule has 3 heterocycles. The monoisotopic (exact) mass is 460 g/mol. The summed E-state index contributed by atoms with van der Waals surface area (Å²) >= 11 is 0. The minimum atomic E-state index is -3.08. The maximum atomic E-state index is 13.4. The summed E-state index contributed by atoms with van der Waals surface area (Å²) in [6.07, 6.45) is -6.11. The van der Waals surface area contributed by atoms with E-state index in [0.29, 0.717) is 34.2 Å². The van der Waals surface area contributed by atoms with E-state index in [2.05, 4.69) is 20.5 Å². The zero-order valence-electron chi connectivity index (χ0n) is 18.0. The fourth-order valence-electron chi connectivity index (χ4n) is 3.59. The van der Waals surface area contributed by atoms with Gasteiger partial charge in [0.25, 0.3) is 18.8 Å². The molecule has 7 nitrogen and oxygen atoms in total. The van der Waals surface area contributed by atoms with E-state index in [9.17, 15) is 22.4 Å². The van der Waals surface area contributed by atoms with Gasteiger partial charge in [-0.3, -0.25) is 9.48 Å². The van der Waals surface area contributed by atoms with Crippen LogP contribution in [0.2, 0.25) is 0 Å². The number of alkyl halides is 4. The molecule has 1 N–H and O–H groups in total. The third-order valence-corrected chi connectivity index (χ3v) is 5.19. The third-order valence-electron chi connectivity index (χ3n) is 5.19. The van der Waals surface area contributed by atoms with Crippen LogP contribution >= 0.6 is 0 Å². The van der Waals surface area contributed by atoms with Crippen LogP contribution in [0.3, 0.4) is 0 Å². The Balaban J connectivity index is 1.63. The largest absolute Gasteiger partial charge is 0.317 e. The summed E-state index contributed by atoms with van der Waals surface area (Å²) in [6.45, 7) is 6.01. The zero-order valence-corrected chi connectivity index (χ0v) is 18.0. The number of aromatic nitrogens is 5. The first-order valence-electron chi connectivity index (χ1n) is 10.0. The van der Waals surface area contributed by atoms with Crippen molar-refractivity contribution in [3.05, 3.63) is 76.0 Å². The van der Waals surface area contributed by atoms with Crippen LogP contribution in [0.1, 0.15) is 57.2 Å².